The van der Waals surface area contributed by atoms with Gasteiger partial charge in [-0.1, -0.05) is 11.3 Å². The van der Waals surface area contributed by atoms with Crippen LogP contribution in [0.25, 0.3) is 16.2 Å². The maximum atomic E-state index is 11.4. The number of carbonyl (C=O) groups is 1. The summed E-state index contributed by atoms with van der Waals surface area (Å²) in [6.07, 6.45) is 0.769. The zero-order chi connectivity index (χ0) is 15.0. The van der Waals surface area contributed by atoms with Crippen molar-refractivity contribution < 1.29 is 14.3 Å². The van der Waals surface area contributed by atoms with Gasteiger partial charge in [-0.25, -0.2) is 4.98 Å². The second-order valence-electron chi connectivity index (χ2n) is 4.35. The normalized spacial score (nSPS) is 10.8. The van der Waals surface area contributed by atoms with Crippen molar-refractivity contribution in [2.75, 3.05) is 14.2 Å². The second kappa shape index (κ2) is 5.17. The molecule has 108 valence electrons. The maximum Gasteiger partial charge on any atom is 0.213 e. The number of carbonyl (C=O) groups excluding carboxylic acids is 1. The summed E-state index contributed by atoms with van der Waals surface area (Å²) in [7, 11) is 3.15. The molecule has 3 aromatic rings. The second-order valence-corrected chi connectivity index (χ2v) is 5.51. The molecule has 0 amide bonds. The van der Waals surface area contributed by atoms with Crippen LogP contribution in [-0.2, 0) is 0 Å². The molecule has 0 atom stereocenters. The highest BCUT2D eigenvalue weighted by atomic mass is 32.1. The molecule has 2 aromatic heterocycles. The van der Waals surface area contributed by atoms with E-state index in [1.165, 1.54) is 11.3 Å². The first-order valence-corrected chi connectivity index (χ1v) is 7.03. The number of imidazole rings is 1. The summed E-state index contributed by atoms with van der Waals surface area (Å²) in [5, 5.41) is 5.15. The van der Waals surface area contributed by atoms with Crippen LogP contribution >= 0.6 is 11.3 Å². The van der Waals surface area contributed by atoms with E-state index in [9.17, 15) is 4.79 Å². The Balaban J connectivity index is 2.20. The summed E-state index contributed by atoms with van der Waals surface area (Å²) in [6, 6.07) is 5.42. The number of nitrogens with zero attached hydrogens (tertiary/aromatic N) is 3. The summed E-state index contributed by atoms with van der Waals surface area (Å²) in [4.78, 5) is 16.6. The Morgan fingerprint density at radius 3 is 2.67 bits per heavy atom. The number of hydrogen-bond acceptors (Lipinski definition) is 6. The molecular formula is C14H13N3O3S. The summed E-state index contributed by atoms with van der Waals surface area (Å²) in [6.45, 7) is 1.88. The fraction of sp³-hybridized carbons (Fsp3) is 0.214. The minimum Gasteiger partial charge on any atom is -0.493 e. The Kier molecular flexibility index (Phi) is 3.34. The van der Waals surface area contributed by atoms with E-state index in [4.69, 9.17) is 9.47 Å². The largest absolute Gasteiger partial charge is 0.493 e. The smallest absolute Gasteiger partial charge is 0.213 e. The van der Waals surface area contributed by atoms with Crippen LogP contribution in [0.2, 0.25) is 0 Å². The number of ether oxygens (including phenoxy) is 2. The van der Waals surface area contributed by atoms with Crippen LogP contribution in [0.5, 0.6) is 11.5 Å². The predicted molar refractivity (Wildman–Crippen MR) is 79.5 cm³/mol. The lowest BCUT2D eigenvalue weighted by Crippen LogP contribution is -1.95. The number of methoxy groups -OCH3 is 2. The molecule has 0 unspecified atom stereocenters. The summed E-state index contributed by atoms with van der Waals surface area (Å²) in [5.74, 6) is 1.22. The van der Waals surface area contributed by atoms with E-state index in [1.807, 2.05) is 13.0 Å². The quantitative estimate of drug-likeness (QED) is 0.693. The molecule has 1 aromatic carbocycles. The van der Waals surface area contributed by atoms with E-state index in [0.717, 1.165) is 16.9 Å². The highest BCUT2D eigenvalue weighted by Crippen LogP contribution is 2.33. The van der Waals surface area contributed by atoms with E-state index in [-0.39, 0.29) is 0 Å². The van der Waals surface area contributed by atoms with Gasteiger partial charge in [-0.2, -0.15) is 9.61 Å². The monoisotopic (exact) mass is 303 g/mol. The highest BCUT2D eigenvalue weighted by Gasteiger charge is 2.18. The third-order valence-corrected chi connectivity index (χ3v) is 3.93. The molecular weight excluding hydrogens is 290 g/mol. The van der Waals surface area contributed by atoms with E-state index < -0.39 is 0 Å². The van der Waals surface area contributed by atoms with Crippen LogP contribution in [-0.4, -0.2) is 35.1 Å². The lowest BCUT2D eigenvalue weighted by atomic mass is 10.1. The van der Waals surface area contributed by atoms with Gasteiger partial charge in [0.2, 0.25) is 4.96 Å². The molecule has 0 bridgehead atoms. The van der Waals surface area contributed by atoms with Crippen LogP contribution < -0.4 is 9.47 Å². The van der Waals surface area contributed by atoms with Gasteiger partial charge in [0.25, 0.3) is 0 Å². The van der Waals surface area contributed by atoms with Gasteiger partial charge in [-0.05, 0) is 25.1 Å². The molecule has 0 saturated carbocycles. The first-order valence-electron chi connectivity index (χ1n) is 6.21. The zero-order valence-electron chi connectivity index (χ0n) is 11.8. The van der Waals surface area contributed by atoms with Crippen molar-refractivity contribution in [3.63, 3.8) is 0 Å². The fourth-order valence-corrected chi connectivity index (χ4v) is 2.91. The summed E-state index contributed by atoms with van der Waals surface area (Å²) >= 11 is 1.44. The van der Waals surface area contributed by atoms with Gasteiger partial charge >= 0.3 is 0 Å². The maximum absolute atomic E-state index is 11.4. The van der Waals surface area contributed by atoms with Crippen molar-refractivity contribution in [2.45, 2.75) is 6.92 Å². The molecule has 2 heterocycles. The topological polar surface area (TPSA) is 65.7 Å². The Labute approximate surface area is 125 Å². The lowest BCUT2D eigenvalue weighted by Gasteiger charge is -2.08. The standard InChI is InChI=1S/C14H13N3O3S/c1-8-16-17-10(7-18)13(15-14(17)21-8)9-4-5-11(19-2)12(6-9)20-3/h4-7H,1-3H3. The number of aryl methyl sites for hydroxylation is 1. The molecule has 0 fully saturated rings. The van der Waals surface area contributed by atoms with E-state index in [0.29, 0.717) is 27.8 Å². The molecule has 0 N–H and O–H groups in total. The first kappa shape index (κ1) is 13.6. The molecule has 0 saturated heterocycles. The van der Waals surface area contributed by atoms with E-state index >= 15 is 0 Å². The number of hydrogen-bond donors (Lipinski definition) is 0. The minimum absolute atomic E-state index is 0.432. The van der Waals surface area contributed by atoms with Gasteiger partial charge < -0.3 is 9.47 Å². The lowest BCUT2D eigenvalue weighted by molar-refractivity contribution is 0.111. The molecule has 0 radical (unpaired) electrons. The van der Waals surface area contributed by atoms with Crippen molar-refractivity contribution in [1.29, 1.82) is 0 Å². The molecule has 21 heavy (non-hydrogen) atoms. The van der Waals surface area contributed by atoms with Crippen LogP contribution in [0.3, 0.4) is 0 Å². The molecule has 7 heteroatoms. The molecule has 0 aliphatic carbocycles. The Bertz CT molecular complexity index is 822. The minimum atomic E-state index is 0.432. The van der Waals surface area contributed by atoms with Crippen molar-refractivity contribution in [1.82, 2.24) is 14.6 Å². The highest BCUT2D eigenvalue weighted by molar-refractivity contribution is 7.16. The van der Waals surface area contributed by atoms with Gasteiger partial charge in [-0.3, -0.25) is 4.79 Å². The average Bonchev–Trinajstić information content (AvgIpc) is 3.01. The zero-order valence-corrected chi connectivity index (χ0v) is 12.6. The Hall–Kier alpha value is -2.41. The van der Waals surface area contributed by atoms with Gasteiger partial charge in [0.05, 0.1) is 14.2 Å². The van der Waals surface area contributed by atoms with Crippen LogP contribution in [0.4, 0.5) is 0 Å². The van der Waals surface area contributed by atoms with Crippen molar-refractivity contribution in [3.8, 4) is 22.8 Å². The number of rotatable bonds is 4. The molecule has 0 spiro atoms. The van der Waals surface area contributed by atoms with E-state index in [2.05, 4.69) is 10.1 Å². The van der Waals surface area contributed by atoms with Crippen LogP contribution in [0.1, 0.15) is 15.5 Å². The number of fused-ring (bicyclic) bond motifs is 1. The molecule has 0 aliphatic rings. The van der Waals surface area contributed by atoms with Crippen molar-refractivity contribution in [2.24, 2.45) is 0 Å². The summed E-state index contributed by atoms with van der Waals surface area (Å²) < 4.78 is 12.1. The predicted octanol–water partition coefficient (Wildman–Crippen LogP) is 2.60. The molecule has 0 aliphatic heterocycles. The van der Waals surface area contributed by atoms with E-state index in [1.54, 1.807) is 30.9 Å². The number of aldehydes is 1. The molecule has 3 rings (SSSR count). The van der Waals surface area contributed by atoms with Gasteiger partial charge in [0.15, 0.2) is 17.8 Å². The Morgan fingerprint density at radius 2 is 2.00 bits per heavy atom. The van der Waals surface area contributed by atoms with Crippen LogP contribution in [0.15, 0.2) is 18.2 Å². The van der Waals surface area contributed by atoms with Crippen LogP contribution in [0, 0.1) is 6.92 Å². The third kappa shape index (κ3) is 2.15. The third-order valence-electron chi connectivity index (χ3n) is 3.11. The van der Waals surface area contributed by atoms with Gasteiger partial charge in [-0.15, -0.1) is 0 Å². The van der Waals surface area contributed by atoms with Gasteiger partial charge in [0.1, 0.15) is 16.4 Å². The SMILES string of the molecule is COc1ccc(-c2nc3sc(C)nn3c2C=O)cc1OC. The fourth-order valence-electron chi connectivity index (χ4n) is 2.16. The number of benzene rings is 1. The first-order chi connectivity index (χ1) is 10.2. The Morgan fingerprint density at radius 1 is 1.24 bits per heavy atom. The average molecular weight is 303 g/mol. The van der Waals surface area contributed by atoms with Crippen molar-refractivity contribution >= 4 is 22.6 Å². The van der Waals surface area contributed by atoms with Crippen molar-refractivity contribution in [3.05, 3.63) is 28.9 Å². The van der Waals surface area contributed by atoms with Gasteiger partial charge in [0, 0.05) is 5.56 Å². The number of aromatic nitrogens is 3. The summed E-state index contributed by atoms with van der Waals surface area (Å²) in [5.41, 5.74) is 1.80. The molecule has 6 nitrogen and oxygen atoms in total.